The lowest BCUT2D eigenvalue weighted by Gasteiger charge is -2.12. The molecule has 0 N–H and O–H groups in total. The SMILES string of the molecule is C=CCc1ccc(OCCOc2ccc(C#N)cc2)c(OC)c1. The van der Waals surface area contributed by atoms with Crippen LogP contribution in [0, 0.1) is 11.3 Å². The lowest BCUT2D eigenvalue weighted by Crippen LogP contribution is -2.09. The number of nitriles is 1. The number of allylic oxidation sites excluding steroid dienone is 1. The van der Waals surface area contributed by atoms with Crippen molar-refractivity contribution in [3.63, 3.8) is 0 Å². The first-order valence-electron chi connectivity index (χ1n) is 7.30. The highest BCUT2D eigenvalue weighted by Gasteiger charge is 2.05. The van der Waals surface area contributed by atoms with Gasteiger partial charge in [0.2, 0.25) is 0 Å². The molecule has 0 unspecified atom stereocenters. The summed E-state index contributed by atoms with van der Waals surface area (Å²) < 4.78 is 16.6. The third-order valence-electron chi connectivity index (χ3n) is 3.20. The van der Waals surface area contributed by atoms with Crippen LogP contribution >= 0.6 is 0 Å². The molecule has 0 bridgehead atoms. The molecule has 2 aromatic carbocycles. The fourth-order valence-corrected chi connectivity index (χ4v) is 2.06. The molecule has 118 valence electrons. The Balaban J connectivity index is 1.85. The molecule has 0 aliphatic rings. The molecule has 0 aliphatic carbocycles. The molecule has 0 aromatic heterocycles. The van der Waals surface area contributed by atoms with E-state index in [1.165, 1.54) is 0 Å². The molecule has 2 rings (SSSR count). The van der Waals surface area contributed by atoms with Gasteiger partial charge in [0.25, 0.3) is 0 Å². The van der Waals surface area contributed by atoms with Gasteiger partial charge in [-0.3, -0.25) is 0 Å². The van der Waals surface area contributed by atoms with E-state index >= 15 is 0 Å². The molecular weight excluding hydrogens is 290 g/mol. The first-order chi connectivity index (χ1) is 11.3. The maximum atomic E-state index is 8.74. The van der Waals surface area contributed by atoms with Gasteiger partial charge in [-0.25, -0.2) is 0 Å². The van der Waals surface area contributed by atoms with E-state index in [9.17, 15) is 0 Å². The van der Waals surface area contributed by atoms with Crippen LogP contribution in [0.2, 0.25) is 0 Å². The Morgan fingerprint density at radius 3 is 2.43 bits per heavy atom. The van der Waals surface area contributed by atoms with Crippen LogP contribution in [-0.2, 0) is 6.42 Å². The Morgan fingerprint density at radius 1 is 1.04 bits per heavy atom. The van der Waals surface area contributed by atoms with Crippen molar-refractivity contribution in [3.05, 3.63) is 66.2 Å². The highest BCUT2D eigenvalue weighted by Crippen LogP contribution is 2.28. The van der Waals surface area contributed by atoms with Crippen molar-refractivity contribution < 1.29 is 14.2 Å². The predicted octanol–water partition coefficient (Wildman–Crippen LogP) is 3.75. The molecule has 0 spiro atoms. The van der Waals surface area contributed by atoms with E-state index < -0.39 is 0 Å². The third kappa shape index (κ3) is 4.79. The molecule has 0 saturated heterocycles. The van der Waals surface area contributed by atoms with Crippen LogP contribution < -0.4 is 14.2 Å². The largest absolute Gasteiger partial charge is 0.493 e. The molecular formula is C19H19NO3. The smallest absolute Gasteiger partial charge is 0.161 e. The second kappa shape index (κ2) is 8.50. The second-order valence-electron chi connectivity index (χ2n) is 4.81. The van der Waals surface area contributed by atoms with Crippen molar-refractivity contribution >= 4 is 0 Å². The third-order valence-corrected chi connectivity index (χ3v) is 3.20. The lowest BCUT2D eigenvalue weighted by molar-refractivity contribution is 0.211. The summed E-state index contributed by atoms with van der Waals surface area (Å²) >= 11 is 0. The Hall–Kier alpha value is -2.93. The van der Waals surface area contributed by atoms with Crippen molar-refractivity contribution in [2.24, 2.45) is 0 Å². The number of hydrogen-bond acceptors (Lipinski definition) is 4. The Kier molecular flexibility index (Phi) is 6.07. The molecule has 0 atom stereocenters. The highest BCUT2D eigenvalue weighted by atomic mass is 16.5. The summed E-state index contributed by atoms with van der Waals surface area (Å²) in [5, 5.41) is 8.74. The molecule has 2 aromatic rings. The quantitative estimate of drug-likeness (QED) is 0.550. The monoisotopic (exact) mass is 309 g/mol. The molecule has 23 heavy (non-hydrogen) atoms. The standard InChI is InChI=1S/C19H19NO3/c1-3-4-15-7-10-18(19(13-15)21-2)23-12-11-22-17-8-5-16(14-20)6-9-17/h3,5-10,13H,1,4,11-12H2,2H3. The molecule has 0 radical (unpaired) electrons. The van der Waals surface area contributed by atoms with Gasteiger partial charge in [0.15, 0.2) is 11.5 Å². The summed E-state index contributed by atoms with van der Waals surface area (Å²) in [7, 11) is 1.62. The molecule has 0 aliphatic heterocycles. The average Bonchev–Trinajstić information content (AvgIpc) is 2.60. The van der Waals surface area contributed by atoms with E-state index in [-0.39, 0.29) is 0 Å². The van der Waals surface area contributed by atoms with Crippen molar-refractivity contribution in [3.8, 4) is 23.3 Å². The van der Waals surface area contributed by atoms with Crippen molar-refractivity contribution in [2.75, 3.05) is 20.3 Å². The number of ether oxygens (including phenoxy) is 3. The van der Waals surface area contributed by atoms with Gasteiger partial charge in [-0.05, 0) is 48.4 Å². The number of benzene rings is 2. The maximum absolute atomic E-state index is 8.74. The number of rotatable bonds is 8. The first-order valence-corrected chi connectivity index (χ1v) is 7.30. The average molecular weight is 309 g/mol. The van der Waals surface area contributed by atoms with Gasteiger partial charge in [-0.1, -0.05) is 12.1 Å². The summed E-state index contributed by atoms with van der Waals surface area (Å²) in [4.78, 5) is 0. The summed E-state index contributed by atoms with van der Waals surface area (Å²) in [6, 6.07) is 14.9. The first kappa shape index (κ1) is 16.4. The zero-order valence-corrected chi connectivity index (χ0v) is 13.1. The van der Waals surface area contributed by atoms with Crippen molar-refractivity contribution in [2.45, 2.75) is 6.42 Å². The molecule has 0 heterocycles. The minimum absolute atomic E-state index is 0.400. The number of nitrogens with zero attached hydrogens (tertiary/aromatic N) is 1. The van der Waals surface area contributed by atoms with E-state index in [1.54, 1.807) is 31.4 Å². The van der Waals surface area contributed by atoms with Crippen molar-refractivity contribution in [1.82, 2.24) is 0 Å². The number of hydrogen-bond donors (Lipinski definition) is 0. The molecule has 4 nitrogen and oxygen atoms in total. The minimum Gasteiger partial charge on any atom is -0.493 e. The second-order valence-corrected chi connectivity index (χ2v) is 4.81. The normalized spacial score (nSPS) is 9.74. The Labute approximate surface area is 136 Å². The molecule has 0 saturated carbocycles. The van der Waals surface area contributed by atoms with E-state index in [1.807, 2.05) is 24.3 Å². The van der Waals surface area contributed by atoms with Crippen LogP contribution in [0.3, 0.4) is 0 Å². The van der Waals surface area contributed by atoms with Crippen LogP contribution in [-0.4, -0.2) is 20.3 Å². The van der Waals surface area contributed by atoms with E-state index in [0.717, 1.165) is 12.0 Å². The zero-order chi connectivity index (χ0) is 16.5. The van der Waals surface area contributed by atoms with E-state index in [0.29, 0.717) is 36.0 Å². The summed E-state index contributed by atoms with van der Waals surface area (Å²) in [6.07, 6.45) is 2.64. The highest BCUT2D eigenvalue weighted by molar-refractivity contribution is 5.43. The van der Waals surface area contributed by atoms with E-state index in [2.05, 4.69) is 12.6 Å². The van der Waals surface area contributed by atoms with Gasteiger partial charge >= 0.3 is 0 Å². The van der Waals surface area contributed by atoms with Crippen LogP contribution in [0.15, 0.2) is 55.1 Å². The lowest BCUT2D eigenvalue weighted by atomic mass is 10.1. The van der Waals surface area contributed by atoms with Gasteiger partial charge < -0.3 is 14.2 Å². The van der Waals surface area contributed by atoms with Gasteiger partial charge in [0.05, 0.1) is 18.7 Å². The summed E-state index contributed by atoms with van der Waals surface area (Å²) in [6.45, 7) is 4.53. The zero-order valence-electron chi connectivity index (χ0n) is 13.1. The summed E-state index contributed by atoms with van der Waals surface area (Å²) in [5.74, 6) is 2.09. The van der Waals surface area contributed by atoms with Crippen LogP contribution in [0.1, 0.15) is 11.1 Å². The van der Waals surface area contributed by atoms with E-state index in [4.69, 9.17) is 19.5 Å². The Morgan fingerprint density at radius 2 is 1.78 bits per heavy atom. The van der Waals surface area contributed by atoms with Gasteiger partial charge in [0, 0.05) is 0 Å². The molecule has 0 fully saturated rings. The number of methoxy groups -OCH3 is 1. The fraction of sp³-hybridized carbons (Fsp3) is 0.211. The van der Waals surface area contributed by atoms with Gasteiger partial charge in [0.1, 0.15) is 19.0 Å². The van der Waals surface area contributed by atoms with Gasteiger partial charge in [-0.15, -0.1) is 6.58 Å². The van der Waals surface area contributed by atoms with Crippen LogP contribution in [0.25, 0.3) is 0 Å². The van der Waals surface area contributed by atoms with Crippen LogP contribution in [0.4, 0.5) is 0 Å². The fourth-order valence-electron chi connectivity index (χ4n) is 2.06. The molecule has 4 heteroatoms. The van der Waals surface area contributed by atoms with Crippen LogP contribution in [0.5, 0.6) is 17.2 Å². The van der Waals surface area contributed by atoms with Gasteiger partial charge in [-0.2, -0.15) is 5.26 Å². The molecule has 0 amide bonds. The Bertz CT molecular complexity index is 687. The minimum atomic E-state index is 0.400. The topological polar surface area (TPSA) is 51.5 Å². The summed E-state index contributed by atoms with van der Waals surface area (Å²) in [5.41, 5.74) is 1.73. The maximum Gasteiger partial charge on any atom is 0.161 e. The predicted molar refractivity (Wildman–Crippen MR) is 89.0 cm³/mol. The van der Waals surface area contributed by atoms with Crippen molar-refractivity contribution in [1.29, 1.82) is 5.26 Å².